The number of carbonyl (C=O) groups is 1. The van der Waals surface area contributed by atoms with Crippen LogP contribution < -0.4 is 4.74 Å². The van der Waals surface area contributed by atoms with Crippen molar-refractivity contribution >= 4 is 11.4 Å². The number of aliphatic hydroxyl groups is 1. The molecule has 5 heteroatoms. The maximum Gasteiger partial charge on any atom is 0.173 e. The number of carbonyl (C=O) groups excluding carboxylic acids is 1. The van der Waals surface area contributed by atoms with Gasteiger partial charge in [0.25, 0.3) is 0 Å². The molecule has 2 aliphatic heterocycles. The summed E-state index contributed by atoms with van der Waals surface area (Å²) >= 11 is 0. The Morgan fingerprint density at radius 2 is 1.61 bits per heavy atom. The van der Waals surface area contributed by atoms with Crippen LogP contribution in [0.4, 0.5) is 4.39 Å². The van der Waals surface area contributed by atoms with E-state index in [2.05, 4.69) is 0 Å². The summed E-state index contributed by atoms with van der Waals surface area (Å²) in [5.74, 6) is 0.557. The number of ketones is 1. The predicted octanol–water partition coefficient (Wildman–Crippen LogP) is 4.88. The number of fused-ring (bicyclic) bond motifs is 5. The van der Waals surface area contributed by atoms with Crippen molar-refractivity contribution < 1.29 is 23.8 Å². The average molecular weight is 380 g/mol. The van der Waals surface area contributed by atoms with Gasteiger partial charge >= 0.3 is 0 Å². The molecule has 2 saturated heterocycles. The third kappa shape index (κ3) is 2.49. The molecule has 1 N–H and O–H groups in total. The maximum absolute atomic E-state index is 13.1. The van der Waals surface area contributed by atoms with E-state index in [1.165, 1.54) is 12.1 Å². The molecule has 2 fully saturated rings. The Balaban J connectivity index is 1.51. The van der Waals surface area contributed by atoms with E-state index >= 15 is 0 Å². The molecule has 0 spiro atoms. The van der Waals surface area contributed by atoms with Crippen LogP contribution in [0.5, 0.6) is 11.5 Å². The van der Waals surface area contributed by atoms with Crippen LogP contribution >= 0.6 is 0 Å². The lowest BCUT2D eigenvalue weighted by molar-refractivity contribution is -0.118. The zero-order valence-electron chi connectivity index (χ0n) is 15.7. The molecule has 144 valence electrons. The molecule has 1 aliphatic carbocycles. The van der Waals surface area contributed by atoms with Gasteiger partial charge in [-0.05, 0) is 79.8 Å². The topological polar surface area (TPSA) is 55.8 Å². The smallest absolute Gasteiger partial charge is 0.173 e. The van der Waals surface area contributed by atoms with Gasteiger partial charge in [0.1, 0.15) is 23.1 Å². The molecule has 2 aromatic rings. The Morgan fingerprint density at radius 3 is 2.21 bits per heavy atom. The molecule has 4 nitrogen and oxygen atoms in total. The molecular weight excluding hydrogens is 359 g/mol. The molecule has 5 rings (SSSR count). The van der Waals surface area contributed by atoms with Crippen LogP contribution in [0.3, 0.4) is 0 Å². The number of hydrogen-bond donors (Lipinski definition) is 1. The third-order valence-corrected chi connectivity index (χ3v) is 6.20. The van der Waals surface area contributed by atoms with Crippen molar-refractivity contribution in [2.45, 2.75) is 38.9 Å². The summed E-state index contributed by atoms with van der Waals surface area (Å²) in [7, 11) is 0. The minimum atomic E-state index is -0.319. The predicted molar refractivity (Wildman–Crippen MR) is 102 cm³/mol. The van der Waals surface area contributed by atoms with Gasteiger partial charge < -0.3 is 14.6 Å². The molecule has 0 radical (unpaired) electrons. The van der Waals surface area contributed by atoms with Gasteiger partial charge in [-0.1, -0.05) is 0 Å². The molecular formula is C23H21FO4. The number of aryl methyl sites for hydroxylation is 2. The summed E-state index contributed by atoms with van der Waals surface area (Å²) in [6.07, 6.45) is 1.68. The largest absolute Gasteiger partial charge is 0.511 e. The summed E-state index contributed by atoms with van der Waals surface area (Å²) in [6.45, 7) is 3.82. The summed E-state index contributed by atoms with van der Waals surface area (Å²) in [5, 5.41) is 10.9. The van der Waals surface area contributed by atoms with E-state index in [1.807, 2.05) is 26.0 Å². The first-order chi connectivity index (χ1) is 13.4. The molecule has 2 aromatic carbocycles. The van der Waals surface area contributed by atoms with E-state index < -0.39 is 0 Å². The molecule has 3 aliphatic rings. The Bertz CT molecular complexity index is 985. The van der Waals surface area contributed by atoms with E-state index in [0.717, 1.165) is 29.5 Å². The van der Waals surface area contributed by atoms with Crippen molar-refractivity contribution in [2.75, 3.05) is 0 Å². The molecule has 2 unspecified atom stereocenters. The minimum Gasteiger partial charge on any atom is -0.511 e. The third-order valence-electron chi connectivity index (χ3n) is 6.20. The minimum absolute atomic E-state index is 0.00639. The average Bonchev–Trinajstić information content (AvgIpc) is 3.33. The van der Waals surface area contributed by atoms with Gasteiger partial charge in [0.15, 0.2) is 5.78 Å². The van der Waals surface area contributed by atoms with E-state index in [4.69, 9.17) is 9.47 Å². The van der Waals surface area contributed by atoms with Crippen LogP contribution in [0.15, 0.2) is 42.2 Å². The van der Waals surface area contributed by atoms with Gasteiger partial charge in [-0.15, -0.1) is 0 Å². The van der Waals surface area contributed by atoms with E-state index in [-0.39, 0.29) is 41.4 Å². The second-order valence-electron chi connectivity index (χ2n) is 7.95. The van der Waals surface area contributed by atoms with Crippen molar-refractivity contribution in [3.63, 3.8) is 0 Å². The molecule has 4 atom stereocenters. The van der Waals surface area contributed by atoms with Crippen molar-refractivity contribution in [3.8, 4) is 11.5 Å². The summed E-state index contributed by atoms with van der Waals surface area (Å²) < 4.78 is 24.8. The Labute approximate surface area is 162 Å². The van der Waals surface area contributed by atoms with E-state index in [9.17, 15) is 14.3 Å². The van der Waals surface area contributed by atoms with Crippen LogP contribution in [0.25, 0.3) is 5.57 Å². The number of Topliss-reactive ketones (excluding diaryl/α,β-unsaturated/α-hetero) is 1. The second kappa shape index (κ2) is 6.17. The van der Waals surface area contributed by atoms with Crippen LogP contribution in [0.2, 0.25) is 0 Å². The molecule has 2 bridgehead atoms. The number of allylic oxidation sites excluding steroid dienone is 1. The molecule has 0 saturated carbocycles. The first-order valence-electron chi connectivity index (χ1n) is 9.62. The fraction of sp³-hybridized carbons (Fsp3) is 0.348. The van der Waals surface area contributed by atoms with Crippen LogP contribution in [0.1, 0.15) is 29.5 Å². The standard InChI is InChI=1S/C23H21FO4/c1-11-9-15(27-14-5-3-13(24)4-6-14)10-12(2)18(11)21-22(25)19-16-7-8-17(28-16)20(19)23(21)26/h3-6,9-10,16-17,19-20,25H,7-8H2,1-2H3/t16?,17?,19-,20+/m1/s1. The molecule has 2 heterocycles. The van der Waals surface area contributed by atoms with Gasteiger partial charge in [0.2, 0.25) is 0 Å². The number of aliphatic hydroxyl groups excluding tert-OH is 1. The van der Waals surface area contributed by atoms with Crippen molar-refractivity contribution in [1.29, 1.82) is 0 Å². The Kier molecular flexibility index (Phi) is 3.85. The fourth-order valence-corrected chi connectivity index (χ4v) is 5.08. The number of ether oxygens (including phenoxy) is 2. The van der Waals surface area contributed by atoms with Gasteiger partial charge in [-0.25, -0.2) is 4.39 Å². The van der Waals surface area contributed by atoms with E-state index in [0.29, 0.717) is 17.1 Å². The summed E-state index contributed by atoms with van der Waals surface area (Å²) in [6, 6.07) is 9.52. The number of halogens is 1. The lowest BCUT2D eigenvalue weighted by Crippen LogP contribution is -2.29. The first kappa shape index (κ1) is 17.4. The second-order valence-corrected chi connectivity index (χ2v) is 7.95. The highest BCUT2D eigenvalue weighted by Gasteiger charge is 2.59. The normalized spacial score (nSPS) is 28.2. The number of rotatable bonds is 3. The summed E-state index contributed by atoms with van der Waals surface area (Å²) in [4.78, 5) is 13.1. The highest BCUT2D eigenvalue weighted by atomic mass is 19.1. The van der Waals surface area contributed by atoms with Crippen LogP contribution in [0, 0.1) is 31.5 Å². The van der Waals surface area contributed by atoms with Gasteiger partial charge in [0, 0.05) is 0 Å². The quantitative estimate of drug-likeness (QED) is 0.825. The highest BCUT2D eigenvalue weighted by molar-refractivity contribution is 6.26. The first-order valence-corrected chi connectivity index (χ1v) is 9.62. The lowest BCUT2D eigenvalue weighted by atomic mass is 9.80. The monoisotopic (exact) mass is 380 g/mol. The van der Waals surface area contributed by atoms with E-state index in [1.54, 1.807) is 12.1 Å². The fourth-order valence-electron chi connectivity index (χ4n) is 5.08. The number of benzene rings is 2. The molecule has 0 amide bonds. The van der Waals surface area contributed by atoms with Crippen LogP contribution in [-0.4, -0.2) is 23.1 Å². The zero-order chi connectivity index (χ0) is 19.6. The van der Waals surface area contributed by atoms with Crippen molar-refractivity contribution in [3.05, 3.63) is 64.7 Å². The lowest BCUT2D eigenvalue weighted by Gasteiger charge is -2.19. The maximum atomic E-state index is 13.1. The molecule has 0 aromatic heterocycles. The van der Waals surface area contributed by atoms with Gasteiger partial charge in [-0.3, -0.25) is 4.79 Å². The Morgan fingerprint density at radius 1 is 1.00 bits per heavy atom. The van der Waals surface area contributed by atoms with Gasteiger partial charge in [-0.2, -0.15) is 0 Å². The zero-order valence-corrected chi connectivity index (χ0v) is 15.7. The molecule has 28 heavy (non-hydrogen) atoms. The number of hydrogen-bond acceptors (Lipinski definition) is 4. The SMILES string of the molecule is Cc1cc(Oc2ccc(F)cc2)cc(C)c1C1=C(O)[C@@H]2C3CCC(O3)[C@@H]2C1=O. The van der Waals surface area contributed by atoms with Gasteiger partial charge in [0.05, 0.1) is 29.6 Å². The van der Waals surface area contributed by atoms with Crippen LogP contribution in [-0.2, 0) is 9.53 Å². The summed E-state index contributed by atoms with van der Waals surface area (Å²) in [5.41, 5.74) is 2.95. The van der Waals surface area contributed by atoms with Crippen molar-refractivity contribution in [1.82, 2.24) is 0 Å². The Hall–Kier alpha value is -2.66. The highest BCUT2D eigenvalue weighted by Crippen LogP contribution is 2.54. The van der Waals surface area contributed by atoms with Crippen molar-refractivity contribution in [2.24, 2.45) is 11.8 Å².